The zero-order valence-corrected chi connectivity index (χ0v) is 31.9. The quantitative estimate of drug-likeness (QED) is 0.102. The SMILES string of the molecule is Cc1cc(N2CCOC[C@@H]2C(F)(F)F)cc(F)c1C(=O)N[C@@H](Cc1ccc(-n2c(=O)c3ccncc3n(C)c2=O)c2ncccc12)C(=O)Oc1ccc(OC(C)(F)F)cc1. The number of ether oxygens (including phenoxy) is 3. The van der Waals surface area contributed by atoms with Gasteiger partial charge in [0.05, 0.1) is 47.1 Å². The molecule has 13 nitrogen and oxygen atoms in total. The third-order valence-corrected chi connectivity index (χ3v) is 9.84. The number of rotatable bonds is 10. The zero-order valence-electron chi connectivity index (χ0n) is 31.9. The van der Waals surface area contributed by atoms with Crippen LogP contribution < -0.4 is 30.9 Å². The zero-order chi connectivity index (χ0) is 43.1. The Balaban J connectivity index is 1.25. The molecule has 0 bridgehead atoms. The molecule has 0 saturated carbocycles. The molecular formula is C41H34F6N6O7. The summed E-state index contributed by atoms with van der Waals surface area (Å²) in [6.45, 7) is 0.958. The van der Waals surface area contributed by atoms with E-state index in [1.807, 2.05) is 0 Å². The fraction of sp³-hybridized carbons (Fsp3) is 0.268. The van der Waals surface area contributed by atoms with Crippen molar-refractivity contribution in [1.29, 1.82) is 0 Å². The van der Waals surface area contributed by atoms with Crippen molar-refractivity contribution >= 4 is 39.4 Å². The smallest absolute Gasteiger partial charge is 0.411 e. The number of pyridine rings is 2. The van der Waals surface area contributed by atoms with Gasteiger partial charge in [-0.15, -0.1) is 0 Å². The number of nitrogens with one attached hydrogen (secondary N) is 1. The summed E-state index contributed by atoms with van der Waals surface area (Å²) in [4.78, 5) is 64.5. The van der Waals surface area contributed by atoms with Gasteiger partial charge >= 0.3 is 23.9 Å². The van der Waals surface area contributed by atoms with Gasteiger partial charge in [0, 0.05) is 50.4 Å². The molecule has 1 saturated heterocycles. The summed E-state index contributed by atoms with van der Waals surface area (Å²) in [7, 11) is 1.48. The van der Waals surface area contributed by atoms with Crippen LogP contribution in [0.3, 0.4) is 0 Å². The molecule has 4 heterocycles. The average Bonchev–Trinajstić information content (AvgIpc) is 3.20. The molecule has 0 aliphatic carbocycles. The topological polar surface area (TPSA) is 147 Å². The van der Waals surface area contributed by atoms with Gasteiger partial charge in [0.25, 0.3) is 11.5 Å². The van der Waals surface area contributed by atoms with Gasteiger partial charge in [-0.1, -0.05) is 12.1 Å². The van der Waals surface area contributed by atoms with Gasteiger partial charge in [-0.2, -0.15) is 22.0 Å². The number of hydrogen-bond donors (Lipinski definition) is 1. The minimum absolute atomic E-state index is 0.0393. The summed E-state index contributed by atoms with van der Waals surface area (Å²) in [6, 6.07) is 10.6. The van der Waals surface area contributed by atoms with E-state index in [-0.39, 0.29) is 58.9 Å². The minimum Gasteiger partial charge on any atom is -0.433 e. The van der Waals surface area contributed by atoms with Gasteiger partial charge in [0.2, 0.25) is 0 Å². The maximum atomic E-state index is 15.9. The Morgan fingerprint density at radius 1 is 0.983 bits per heavy atom. The summed E-state index contributed by atoms with van der Waals surface area (Å²) in [5.74, 6) is -3.73. The molecule has 1 aliphatic rings. The van der Waals surface area contributed by atoms with Crippen molar-refractivity contribution in [2.24, 2.45) is 7.05 Å². The van der Waals surface area contributed by atoms with Crippen LogP contribution in [0.1, 0.15) is 28.4 Å². The van der Waals surface area contributed by atoms with Crippen LogP contribution in [-0.2, 0) is 23.0 Å². The molecule has 1 fully saturated rings. The number of nitrogens with zero attached hydrogens (tertiary/aromatic N) is 5. The Bertz CT molecular complexity index is 2730. The average molecular weight is 837 g/mol. The second-order valence-corrected chi connectivity index (χ2v) is 14.0. The number of aryl methyl sites for hydroxylation is 2. The number of halogens is 6. The molecule has 312 valence electrons. The highest BCUT2D eigenvalue weighted by atomic mass is 19.4. The summed E-state index contributed by atoms with van der Waals surface area (Å²) in [6.07, 6.45) is -4.32. The maximum absolute atomic E-state index is 15.9. The highest BCUT2D eigenvalue weighted by molar-refractivity contribution is 5.99. The van der Waals surface area contributed by atoms with E-state index in [4.69, 9.17) is 9.47 Å². The van der Waals surface area contributed by atoms with E-state index in [1.54, 1.807) is 12.1 Å². The fourth-order valence-electron chi connectivity index (χ4n) is 7.06. The first kappa shape index (κ1) is 41.4. The number of carbonyl (C=O) groups excluding carboxylic acids is 2. The van der Waals surface area contributed by atoms with E-state index in [0.29, 0.717) is 23.4 Å². The molecule has 0 spiro atoms. The van der Waals surface area contributed by atoms with Crippen LogP contribution >= 0.6 is 0 Å². The molecular weight excluding hydrogens is 802 g/mol. The van der Waals surface area contributed by atoms with E-state index in [1.165, 1.54) is 73.5 Å². The lowest BCUT2D eigenvalue weighted by molar-refractivity contribution is -0.167. The van der Waals surface area contributed by atoms with Gasteiger partial charge in [0.1, 0.15) is 29.4 Å². The minimum atomic E-state index is -4.70. The van der Waals surface area contributed by atoms with Crippen molar-refractivity contribution < 1.29 is 50.1 Å². The largest absolute Gasteiger partial charge is 0.433 e. The summed E-state index contributed by atoms with van der Waals surface area (Å²) in [5, 5.41) is 3.04. The van der Waals surface area contributed by atoms with E-state index in [9.17, 15) is 41.1 Å². The van der Waals surface area contributed by atoms with Gasteiger partial charge < -0.3 is 24.4 Å². The number of morpholine rings is 1. The van der Waals surface area contributed by atoms with Crippen molar-refractivity contribution in [1.82, 2.24) is 24.4 Å². The standard InChI is InChI=1S/C41H34F6N6O7/c1-22-17-24(52-15-16-58-21-33(52)41(45,46)47)19-29(42)34(22)36(54)50-30(38(56)59-25-7-9-26(10-8-25)60-40(2,43)44)18-23-6-11-31(35-27(23)5-4-13-49-35)53-37(55)28-12-14-48-20-32(28)51(3)39(53)57/h4-14,17,19-20,30,33H,15-16,18,21H2,1-3H3,(H,50,54)/t30-,33+/m0/s1. The third kappa shape index (κ3) is 8.38. The third-order valence-electron chi connectivity index (χ3n) is 9.84. The van der Waals surface area contributed by atoms with Gasteiger partial charge in [-0.3, -0.25) is 24.1 Å². The van der Waals surface area contributed by atoms with Crippen molar-refractivity contribution in [2.45, 2.75) is 44.6 Å². The van der Waals surface area contributed by atoms with Crippen molar-refractivity contribution in [3.63, 3.8) is 0 Å². The number of amides is 1. The van der Waals surface area contributed by atoms with Gasteiger partial charge in [-0.25, -0.2) is 18.5 Å². The summed E-state index contributed by atoms with van der Waals surface area (Å²) in [5.41, 5.74) is -1.14. The van der Waals surface area contributed by atoms with E-state index < -0.39 is 65.5 Å². The van der Waals surface area contributed by atoms with E-state index in [2.05, 4.69) is 20.0 Å². The molecule has 1 amide bonds. The number of anilines is 1. The van der Waals surface area contributed by atoms with E-state index >= 15 is 4.39 Å². The molecule has 60 heavy (non-hydrogen) atoms. The first-order valence-corrected chi connectivity index (χ1v) is 18.2. The monoisotopic (exact) mass is 836 g/mol. The molecule has 6 aromatic rings. The summed E-state index contributed by atoms with van der Waals surface area (Å²) >= 11 is 0. The number of fused-ring (bicyclic) bond motifs is 2. The van der Waals surface area contributed by atoms with Crippen molar-refractivity contribution in [3.8, 4) is 17.2 Å². The molecule has 0 unspecified atom stereocenters. The predicted molar refractivity (Wildman–Crippen MR) is 205 cm³/mol. The molecule has 1 N–H and O–H groups in total. The van der Waals surface area contributed by atoms with Crippen LogP contribution in [0.25, 0.3) is 27.5 Å². The number of esters is 1. The van der Waals surface area contributed by atoms with E-state index in [0.717, 1.165) is 27.7 Å². The van der Waals surface area contributed by atoms with Crippen LogP contribution in [-0.4, -0.2) is 75.1 Å². The van der Waals surface area contributed by atoms with Crippen LogP contribution in [0.15, 0.2) is 94.9 Å². The lowest BCUT2D eigenvalue weighted by Crippen LogP contribution is -2.53. The number of alkyl halides is 5. The van der Waals surface area contributed by atoms with Crippen LogP contribution in [0, 0.1) is 12.7 Å². The molecule has 0 radical (unpaired) electrons. The first-order valence-electron chi connectivity index (χ1n) is 18.2. The lowest BCUT2D eigenvalue weighted by atomic mass is 9.99. The fourth-order valence-corrected chi connectivity index (χ4v) is 7.06. The Morgan fingerprint density at radius 3 is 2.42 bits per heavy atom. The second kappa shape index (κ2) is 16.1. The van der Waals surface area contributed by atoms with Crippen molar-refractivity contribution in [2.75, 3.05) is 24.7 Å². The lowest BCUT2D eigenvalue weighted by Gasteiger charge is -2.38. The number of hydrogen-bond acceptors (Lipinski definition) is 10. The molecule has 3 aromatic heterocycles. The summed E-state index contributed by atoms with van der Waals surface area (Å²) < 4.78 is 102. The molecule has 3 aromatic carbocycles. The second-order valence-electron chi connectivity index (χ2n) is 14.0. The first-order chi connectivity index (χ1) is 28.4. The number of carbonyl (C=O) groups is 2. The Labute approximate surface area is 335 Å². The molecule has 19 heteroatoms. The Hall–Kier alpha value is -6.76. The number of benzene rings is 3. The number of aromatic nitrogens is 4. The molecule has 2 atom stereocenters. The van der Waals surface area contributed by atoms with Crippen LogP contribution in [0.5, 0.6) is 11.5 Å². The van der Waals surface area contributed by atoms with Crippen molar-refractivity contribution in [3.05, 3.63) is 129 Å². The molecule has 7 rings (SSSR count). The maximum Gasteiger partial charge on any atom is 0.411 e. The van der Waals surface area contributed by atoms with Crippen LogP contribution in [0.4, 0.5) is 32.0 Å². The van der Waals surface area contributed by atoms with Crippen LogP contribution in [0.2, 0.25) is 0 Å². The highest BCUT2D eigenvalue weighted by Crippen LogP contribution is 2.33. The highest BCUT2D eigenvalue weighted by Gasteiger charge is 2.46. The normalized spacial score (nSPS) is 15.2. The van der Waals surface area contributed by atoms with Gasteiger partial charge in [0.15, 0.2) is 0 Å². The van der Waals surface area contributed by atoms with Gasteiger partial charge in [-0.05, 0) is 72.6 Å². The predicted octanol–water partition coefficient (Wildman–Crippen LogP) is 5.79. The Morgan fingerprint density at radius 2 is 1.72 bits per heavy atom. The molecule has 1 aliphatic heterocycles. The Kier molecular flexibility index (Phi) is 11.1.